The Bertz CT molecular complexity index is 636. The third-order valence-corrected chi connectivity index (χ3v) is 4.86. The average Bonchev–Trinajstić information content (AvgIpc) is 2.92. The van der Waals surface area contributed by atoms with Crippen LogP contribution in [0.5, 0.6) is 0 Å². The lowest BCUT2D eigenvalue weighted by atomic mass is 9.65. The summed E-state index contributed by atoms with van der Waals surface area (Å²) in [4.78, 5) is 25.3. The van der Waals surface area contributed by atoms with Gasteiger partial charge in [-0.3, -0.25) is 9.59 Å². The Morgan fingerprint density at radius 3 is 1.82 bits per heavy atom. The minimum atomic E-state index is -0.900. The van der Waals surface area contributed by atoms with Gasteiger partial charge in [0, 0.05) is 12.3 Å². The van der Waals surface area contributed by atoms with Crippen molar-refractivity contribution in [2.24, 2.45) is 5.41 Å². The molecule has 2 aromatic rings. The van der Waals surface area contributed by atoms with Gasteiger partial charge in [-0.1, -0.05) is 60.7 Å². The van der Waals surface area contributed by atoms with Gasteiger partial charge in [0.15, 0.2) is 0 Å². The molecule has 0 spiro atoms. The first-order valence-electron chi connectivity index (χ1n) is 7.80. The van der Waals surface area contributed by atoms with Gasteiger partial charge in [-0.15, -0.1) is 0 Å². The summed E-state index contributed by atoms with van der Waals surface area (Å²) >= 11 is 0. The van der Waals surface area contributed by atoms with E-state index in [9.17, 15) is 9.59 Å². The highest BCUT2D eigenvalue weighted by molar-refractivity contribution is 6.08. The highest BCUT2D eigenvalue weighted by Crippen LogP contribution is 2.50. The summed E-state index contributed by atoms with van der Waals surface area (Å²) in [6.07, 6.45) is 1.96. The van der Waals surface area contributed by atoms with Crippen LogP contribution in [0.15, 0.2) is 60.7 Å². The summed E-state index contributed by atoms with van der Waals surface area (Å²) in [6.45, 7) is 1.57. The van der Waals surface area contributed by atoms with Crippen LogP contribution in [0.2, 0.25) is 0 Å². The van der Waals surface area contributed by atoms with Crippen molar-refractivity contribution in [2.45, 2.75) is 32.1 Å². The van der Waals surface area contributed by atoms with Crippen molar-refractivity contribution in [2.75, 3.05) is 0 Å². The Hall–Kier alpha value is -2.22. The maximum Gasteiger partial charge on any atom is 0.147 e. The quantitative estimate of drug-likeness (QED) is 0.793. The van der Waals surface area contributed by atoms with Crippen LogP contribution in [0.25, 0.3) is 0 Å². The van der Waals surface area contributed by atoms with Crippen molar-refractivity contribution in [1.82, 2.24) is 0 Å². The molecule has 2 heteroatoms. The van der Waals surface area contributed by atoms with E-state index in [4.69, 9.17) is 0 Å². The van der Waals surface area contributed by atoms with Gasteiger partial charge < -0.3 is 0 Å². The Morgan fingerprint density at radius 2 is 1.45 bits per heavy atom. The molecule has 1 aliphatic rings. The van der Waals surface area contributed by atoms with E-state index in [1.165, 1.54) is 0 Å². The van der Waals surface area contributed by atoms with E-state index in [0.717, 1.165) is 17.5 Å². The molecule has 1 aliphatic carbocycles. The van der Waals surface area contributed by atoms with E-state index in [-0.39, 0.29) is 17.5 Å². The van der Waals surface area contributed by atoms with E-state index in [2.05, 4.69) is 0 Å². The molecule has 0 aromatic heterocycles. The molecule has 0 heterocycles. The van der Waals surface area contributed by atoms with Crippen LogP contribution >= 0.6 is 0 Å². The molecule has 112 valence electrons. The molecule has 3 rings (SSSR count). The maximum atomic E-state index is 12.7. The minimum absolute atomic E-state index is 0.00675. The van der Waals surface area contributed by atoms with Crippen molar-refractivity contribution in [3.8, 4) is 0 Å². The van der Waals surface area contributed by atoms with E-state index in [1.54, 1.807) is 6.92 Å². The zero-order valence-electron chi connectivity index (χ0n) is 12.8. The SMILES string of the molecule is CC(=O)C1(C(c2ccccc2)c2ccccc2)CCCC1=O. The fraction of sp³-hybridized carbons (Fsp3) is 0.300. The fourth-order valence-corrected chi connectivity index (χ4v) is 3.82. The molecule has 2 aromatic carbocycles. The molecule has 22 heavy (non-hydrogen) atoms. The second-order valence-electron chi connectivity index (χ2n) is 6.06. The lowest BCUT2D eigenvalue weighted by Crippen LogP contribution is -2.40. The Kier molecular flexibility index (Phi) is 3.93. The second kappa shape index (κ2) is 5.88. The molecule has 1 unspecified atom stereocenters. The summed E-state index contributed by atoms with van der Waals surface area (Å²) in [5, 5.41) is 0. The molecule has 1 fully saturated rings. The van der Waals surface area contributed by atoms with Crippen LogP contribution in [-0.2, 0) is 9.59 Å². The first kappa shape index (κ1) is 14.7. The molecule has 0 aliphatic heterocycles. The smallest absolute Gasteiger partial charge is 0.147 e. The van der Waals surface area contributed by atoms with E-state index < -0.39 is 5.41 Å². The first-order chi connectivity index (χ1) is 10.7. The lowest BCUT2D eigenvalue weighted by Gasteiger charge is -2.35. The van der Waals surface area contributed by atoms with Gasteiger partial charge in [0.1, 0.15) is 11.6 Å². The summed E-state index contributed by atoms with van der Waals surface area (Å²) in [6, 6.07) is 19.9. The minimum Gasteiger partial charge on any atom is -0.299 e. The maximum absolute atomic E-state index is 12.7. The highest BCUT2D eigenvalue weighted by Gasteiger charge is 2.52. The largest absolute Gasteiger partial charge is 0.299 e. The van der Waals surface area contributed by atoms with Gasteiger partial charge in [-0.05, 0) is 30.9 Å². The number of carbonyl (C=O) groups excluding carboxylic acids is 2. The average molecular weight is 292 g/mol. The highest BCUT2D eigenvalue weighted by atomic mass is 16.2. The molecule has 0 radical (unpaired) electrons. The number of rotatable bonds is 4. The zero-order valence-corrected chi connectivity index (χ0v) is 12.8. The van der Waals surface area contributed by atoms with Crippen LogP contribution in [0, 0.1) is 5.41 Å². The molecule has 1 saturated carbocycles. The molecule has 1 atom stereocenters. The summed E-state index contributed by atoms with van der Waals surface area (Å²) in [7, 11) is 0. The van der Waals surface area contributed by atoms with E-state index in [0.29, 0.717) is 12.8 Å². The number of hydrogen-bond donors (Lipinski definition) is 0. The standard InChI is InChI=1S/C20H20O2/c1-15(21)20(14-8-13-18(20)22)19(16-9-4-2-5-10-16)17-11-6-3-7-12-17/h2-7,9-12,19H,8,13-14H2,1H3. The Labute approximate surface area is 131 Å². The number of benzene rings is 2. The molecule has 0 amide bonds. The summed E-state index contributed by atoms with van der Waals surface area (Å²) in [5.41, 5.74) is 1.18. The second-order valence-corrected chi connectivity index (χ2v) is 6.06. The van der Waals surface area contributed by atoms with Crippen LogP contribution in [0.4, 0.5) is 0 Å². The number of Topliss-reactive ketones (excluding diaryl/α,β-unsaturated/α-hetero) is 2. The van der Waals surface area contributed by atoms with Crippen LogP contribution in [0.3, 0.4) is 0 Å². The monoisotopic (exact) mass is 292 g/mol. The first-order valence-corrected chi connectivity index (χ1v) is 7.80. The molecular formula is C20H20O2. The summed E-state index contributed by atoms with van der Waals surface area (Å²) in [5.74, 6) is -0.104. The van der Waals surface area contributed by atoms with Crippen molar-refractivity contribution in [3.05, 3.63) is 71.8 Å². The van der Waals surface area contributed by atoms with Gasteiger partial charge >= 0.3 is 0 Å². The van der Waals surface area contributed by atoms with E-state index in [1.807, 2.05) is 60.7 Å². The Balaban J connectivity index is 2.21. The number of carbonyl (C=O) groups is 2. The topological polar surface area (TPSA) is 34.1 Å². The predicted octanol–water partition coefficient (Wildman–Crippen LogP) is 4.15. The third kappa shape index (κ3) is 2.29. The fourth-order valence-electron chi connectivity index (χ4n) is 3.82. The van der Waals surface area contributed by atoms with Crippen molar-refractivity contribution in [3.63, 3.8) is 0 Å². The van der Waals surface area contributed by atoms with Crippen molar-refractivity contribution >= 4 is 11.6 Å². The van der Waals surface area contributed by atoms with Gasteiger partial charge in [-0.2, -0.15) is 0 Å². The van der Waals surface area contributed by atoms with Gasteiger partial charge in [0.2, 0.25) is 0 Å². The normalized spacial score (nSPS) is 21.3. The van der Waals surface area contributed by atoms with Gasteiger partial charge in [0.25, 0.3) is 0 Å². The van der Waals surface area contributed by atoms with Crippen molar-refractivity contribution in [1.29, 1.82) is 0 Å². The Morgan fingerprint density at radius 1 is 0.955 bits per heavy atom. The summed E-state index contributed by atoms with van der Waals surface area (Å²) < 4.78 is 0. The van der Waals surface area contributed by atoms with Gasteiger partial charge in [0.05, 0.1) is 5.41 Å². The van der Waals surface area contributed by atoms with Crippen LogP contribution in [-0.4, -0.2) is 11.6 Å². The van der Waals surface area contributed by atoms with Crippen LogP contribution in [0.1, 0.15) is 43.2 Å². The number of ketones is 2. The molecule has 0 bridgehead atoms. The molecule has 2 nitrogen and oxygen atoms in total. The molecule has 0 N–H and O–H groups in total. The number of hydrogen-bond acceptors (Lipinski definition) is 2. The zero-order chi connectivity index (χ0) is 15.6. The molecule has 0 saturated heterocycles. The van der Waals surface area contributed by atoms with E-state index >= 15 is 0 Å². The van der Waals surface area contributed by atoms with Gasteiger partial charge in [-0.25, -0.2) is 0 Å². The third-order valence-electron chi connectivity index (χ3n) is 4.86. The lowest BCUT2D eigenvalue weighted by molar-refractivity contribution is -0.138. The molecular weight excluding hydrogens is 272 g/mol. The predicted molar refractivity (Wildman–Crippen MR) is 86.7 cm³/mol. The van der Waals surface area contributed by atoms with Crippen LogP contribution < -0.4 is 0 Å². The van der Waals surface area contributed by atoms with Crippen molar-refractivity contribution < 1.29 is 9.59 Å².